The third kappa shape index (κ3) is 4.64. The van der Waals surface area contributed by atoms with Crippen LogP contribution in [0.25, 0.3) is 11.4 Å². The number of anilines is 1. The Hall–Kier alpha value is -2.07. The zero-order valence-electron chi connectivity index (χ0n) is 16.6. The van der Waals surface area contributed by atoms with Crippen molar-refractivity contribution < 1.29 is 14.3 Å². The Morgan fingerprint density at radius 3 is 2.67 bits per heavy atom. The van der Waals surface area contributed by atoms with E-state index in [9.17, 15) is 9.59 Å². The molecule has 0 unspecified atom stereocenters. The van der Waals surface area contributed by atoms with E-state index in [2.05, 4.69) is 15.5 Å². The first-order valence-corrected chi connectivity index (χ1v) is 11.2. The Kier molecular flexibility index (Phi) is 7.07. The number of aromatic nitrogens is 3. The largest absolute Gasteiger partial charge is 0.465 e. The summed E-state index contributed by atoms with van der Waals surface area (Å²) >= 11 is 14.8. The van der Waals surface area contributed by atoms with Gasteiger partial charge in [0, 0.05) is 22.5 Å². The number of esters is 1. The molecule has 7 nitrogen and oxygen atoms in total. The quantitative estimate of drug-likeness (QED) is 0.391. The number of hydrogen-bond acceptors (Lipinski definition) is 7. The fourth-order valence-electron chi connectivity index (χ4n) is 2.70. The minimum Gasteiger partial charge on any atom is -0.465 e. The van der Waals surface area contributed by atoms with Crippen LogP contribution in [0.3, 0.4) is 0 Å². The van der Waals surface area contributed by atoms with Gasteiger partial charge < -0.3 is 14.6 Å². The highest BCUT2D eigenvalue weighted by atomic mass is 35.5. The molecule has 0 aliphatic rings. The van der Waals surface area contributed by atoms with Crippen LogP contribution in [0, 0.1) is 13.8 Å². The molecule has 0 radical (unpaired) electrons. The molecule has 0 bridgehead atoms. The summed E-state index contributed by atoms with van der Waals surface area (Å²) in [4.78, 5) is 25.5. The van der Waals surface area contributed by atoms with Gasteiger partial charge in [-0.3, -0.25) is 4.79 Å². The van der Waals surface area contributed by atoms with Gasteiger partial charge >= 0.3 is 5.97 Å². The summed E-state index contributed by atoms with van der Waals surface area (Å²) in [5.74, 6) is -0.0770. The number of hydrogen-bond donors (Lipinski definition) is 1. The molecule has 11 heteroatoms. The Morgan fingerprint density at radius 2 is 2.00 bits per heavy atom. The number of carbonyl (C=O) groups excluding carboxylic acids is 2. The first-order valence-electron chi connectivity index (χ1n) is 8.68. The first-order chi connectivity index (χ1) is 14.2. The number of methoxy groups -OCH3 is 1. The number of nitrogens with zero attached hydrogens (tertiary/aromatic N) is 3. The minimum absolute atomic E-state index is 0.0942. The molecule has 0 saturated heterocycles. The molecule has 1 aromatic carbocycles. The fourth-order valence-corrected chi connectivity index (χ4v) is 4.97. The predicted octanol–water partition coefficient (Wildman–Crippen LogP) is 4.98. The lowest BCUT2D eigenvalue weighted by molar-refractivity contribution is -0.113. The van der Waals surface area contributed by atoms with Crippen molar-refractivity contribution in [3.05, 3.63) is 44.2 Å². The van der Waals surface area contributed by atoms with Crippen molar-refractivity contribution in [2.75, 3.05) is 18.2 Å². The van der Waals surface area contributed by atoms with Gasteiger partial charge in [0.05, 0.1) is 23.4 Å². The number of thiophene rings is 1. The van der Waals surface area contributed by atoms with Gasteiger partial charge in [-0.05, 0) is 37.6 Å². The number of ether oxygens (including phenoxy) is 1. The second kappa shape index (κ2) is 9.38. The normalized spacial score (nSPS) is 10.9. The maximum absolute atomic E-state index is 12.5. The molecule has 0 aliphatic carbocycles. The predicted molar refractivity (Wildman–Crippen MR) is 121 cm³/mol. The van der Waals surface area contributed by atoms with Gasteiger partial charge in [-0.2, -0.15) is 0 Å². The van der Waals surface area contributed by atoms with Gasteiger partial charge in [0.1, 0.15) is 5.00 Å². The Morgan fingerprint density at radius 1 is 1.27 bits per heavy atom. The molecular formula is C19H18Cl2N4O3S2. The highest BCUT2D eigenvalue weighted by Gasteiger charge is 2.22. The van der Waals surface area contributed by atoms with Crippen LogP contribution in [0.15, 0.2) is 23.4 Å². The van der Waals surface area contributed by atoms with Crippen molar-refractivity contribution in [3.63, 3.8) is 0 Å². The summed E-state index contributed by atoms with van der Waals surface area (Å²) in [6.45, 7) is 3.71. The number of amides is 1. The van der Waals surface area contributed by atoms with Gasteiger partial charge in [0.25, 0.3) is 0 Å². The van der Waals surface area contributed by atoms with Crippen molar-refractivity contribution >= 4 is 63.2 Å². The third-order valence-electron chi connectivity index (χ3n) is 4.37. The van der Waals surface area contributed by atoms with Crippen molar-refractivity contribution in [3.8, 4) is 11.4 Å². The second-order valence-corrected chi connectivity index (χ2v) is 9.32. The number of carbonyl (C=O) groups is 2. The lowest BCUT2D eigenvalue weighted by Crippen LogP contribution is -2.16. The summed E-state index contributed by atoms with van der Waals surface area (Å²) in [6.07, 6.45) is 0. The number of aryl methyl sites for hydroxylation is 1. The van der Waals surface area contributed by atoms with E-state index in [1.165, 1.54) is 30.2 Å². The Labute approximate surface area is 191 Å². The maximum atomic E-state index is 12.5. The average Bonchev–Trinajstić information content (AvgIpc) is 3.19. The monoisotopic (exact) mass is 484 g/mol. The van der Waals surface area contributed by atoms with E-state index in [1.807, 2.05) is 13.8 Å². The second-order valence-electron chi connectivity index (χ2n) is 6.31. The van der Waals surface area contributed by atoms with Crippen LogP contribution in [0.5, 0.6) is 0 Å². The van der Waals surface area contributed by atoms with Crippen LogP contribution in [0.1, 0.15) is 20.8 Å². The van der Waals surface area contributed by atoms with Crippen LogP contribution in [0.2, 0.25) is 10.0 Å². The topological polar surface area (TPSA) is 86.1 Å². The molecule has 1 amide bonds. The zero-order valence-corrected chi connectivity index (χ0v) is 19.7. The van der Waals surface area contributed by atoms with Crippen LogP contribution >= 0.6 is 46.3 Å². The number of thioether (sulfide) groups is 1. The van der Waals surface area contributed by atoms with Crippen molar-refractivity contribution in [1.29, 1.82) is 0 Å². The van der Waals surface area contributed by atoms with E-state index < -0.39 is 5.97 Å². The number of benzene rings is 1. The number of rotatable bonds is 6. The van der Waals surface area contributed by atoms with Crippen molar-refractivity contribution in [1.82, 2.24) is 14.8 Å². The molecule has 0 fully saturated rings. The highest BCUT2D eigenvalue weighted by Crippen LogP contribution is 2.34. The smallest absolute Gasteiger partial charge is 0.341 e. The summed E-state index contributed by atoms with van der Waals surface area (Å²) < 4.78 is 6.59. The maximum Gasteiger partial charge on any atom is 0.341 e. The Balaban J connectivity index is 1.71. The first kappa shape index (κ1) is 22.6. The zero-order chi connectivity index (χ0) is 22.0. The molecule has 158 valence electrons. The number of nitrogens with one attached hydrogen (secondary N) is 1. The lowest BCUT2D eigenvalue weighted by atomic mass is 10.1. The molecular weight excluding hydrogens is 467 g/mol. The molecule has 0 aliphatic heterocycles. The van der Waals surface area contributed by atoms with Crippen molar-refractivity contribution in [2.24, 2.45) is 7.05 Å². The lowest BCUT2D eigenvalue weighted by Gasteiger charge is -2.07. The molecule has 0 saturated carbocycles. The molecule has 2 aromatic heterocycles. The standard InChI is InChI=1S/C19H18Cl2N4O3S2/c1-9-10(2)30-17(15(9)18(27)28-4)22-14(26)8-29-19-24-23-16(25(19)3)12-6-5-11(20)7-13(12)21/h5-7H,8H2,1-4H3,(H,22,26). The molecule has 30 heavy (non-hydrogen) atoms. The number of halogens is 2. The van der Waals surface area contributed by atoms with Crippen LogP contribution in [-0.4, -0.2) is 39.5 Å². The van der Waals surface area contributed by atoms with Gasteiger partial charge in [-0.15, -0.1) is 21.5 Å². The van der Waals surface area contributed by atoms with Crippen LogP contribution < -0.4 is 5.32 Å². The van der Waals surface area contributed by atoms with Gasteiger partial charge in [-0.25, -0.2) is 4.79 Å². The van der Waals surface area contributed by atoms with Gasteiger partial charge in [0.15, 0.2) is 11.0 Å². The molecule has 2 heterocycles. The fraction of sp³-hybridized carbons (Fsp3) is 0.263. The average molecular weight is 485 g/mol. The van der Waals surface area contributed by atoms with E-state index in [0.717, 1.165) is 10.4 Å². The van der Waals surface area contributed by atoms with E-state index >= 15 is 0 Å². The molecule has 0 spiro atoms. The van der Waals surface area contributed by atoms with E-state index in [0.29, 0.717) is 37.2 Å². The highest BCUT2D eigenvalue weighted by molar-refractivity contribution is 7.99. The van der Waals surface area contributed by atoms with E-state index in [4.69, 9.17) is 27.9 Å². The van der Waals surface area contributed by atoms with Crippen molar-refractivity contribution in [2.45, 2.75) is 19.0 Å². The van der Waals surface area contributed by atoms with E-state index in [-0.39, 0.29) is 11.7 Å². The van der Waals surface area contributed by atoms with Crippen LogP contribution in [-0.2, 0) is 16.6 Å². The molecule has 3 aromatic rings. The molecule has 3 rings (SSSR count). The molecule has 0 atom stereocenters. The van der Waals surface area contributed by atoms with Crippen LogP contribution in [0.4, 0.5) is 5.00 Å². The SMILES string of the molecule is COC(=O)c1c(NC(=O)CSc2nnc(-c3ccc(Cl)cc3Cl)n2C)sc(C)c1C. The molecule has 1 N–H and O–H groups in total. The van der Waals surface area contributed by atoms with Gasteiger partial charge in [-0.1, -0.05) is 35.0 Å². The minimum atomic E-state index is -0.474. The summed E-state index contributed by atoms with van der Waals surface area (Å²) in [5, 5.41) is 13.1. The van der Waals surface area contributed by atoms with Gasteiger partial charge in [0.2, 0.25) is 5.91 Å². The van der Waals surface area contributed by atoms with E-state index in [1.54, 1.807) is 29.8 Å². The third-order valence-corrected chi connectivity index (χ3v) is 7.06. The summed E-state index contributed by atoms with van der Waals surface area (Å²) in [7, 11) is 3.11. The summed E-state index contributed by atoms with van der Waals surface area (Å²) in [6, 6.07) is 5.13. The summed E-state index contributed by atoms with van der Waals surface area (Å²) in [5.41, 5.74) is 1.88. The Bertz CT molecular complexity index is 1130.